The summed E-state index contributed by atoms with van der Waals surface area (Å²) in [6.45, 7) is 7.76. The van der Waals surface area contributed by atoms with Crippen LogP contribution >= 0.6 is 11.8 Å². The molecule has 1 saturated heterocycles. The van der Waals surface area contributed by atoms with Gasteiger partial charge in [0.15, 0.2) is 0 Å². The van der Waals surface area contributed by atoms with Gasteiger partial charge >= 0.3 is 0 Å². The van der Waals surface area contributed by atoms with E-state index in [1.165, 1.54) is 11.5 Å². The molecule has 15 heavy (non-hydrogen) atoms. The highest BCUT2D eigenvalue weighted by atomic mass is 32.2. The predicted molar refractivity (Wildman–Crippen MR) is 65.6 cm³/mol. The molecule has 2 atom stereocenters. The molecule has 1 aliphatic rings. The van der Waals surface area contributed by atoms with Crippen molar-refractivity contribution in [2.24, 2.45) is 0 Å². The molecule has 0 amide bonds. The molecule has 1 fully saturated rings. The first-order chi connectivity index (χ1) is 7.33. The Labute approximate surface area is 97.3 Å². The average molecular weight is 233 g/mol. The fraction of sp³-hybridized carbons (Fsp3) is 1.00. The summed E-state index contributed by atoms with van der Waals surface area (Å²) in [5, 5.41) is 3.34. The zero-order chi connectivity index (χ0) is 10.9. The lowest BCUT2D eigenvalue weighted by molar-refractivity contribution is -0.0683. The van der Waals surface area contributed by atoms with Crippen LogP contribution in [0, 0.1) is 0 Å². The number of nitrogens with one attached hydrogen (secondary N) is 1. The summed E-state index contributed by atoms with van der Waals surface area (Å²) in [5.41, 5.74) is 0. The lowest BCUT2D eigenvalue weighted by Gasteiger charge is -2.28. The fourth-order valence-electron chi connectivity index (χ4n) is 1.59. The van der Waals surface area contributed by atoms with Gasteiger partial charge in [0.25, 0.3) is 0 Å². The van der Waals surface area contributed by atoms with E-state index >= 15 is 0 Å². The van der Waals surface area contributed by atoms with Crippen molar-refractivity contribution in [3.8, 4) is 0 Å². The maximum absolute atomic E-state index is 5.72. The van der Waals surface area contributed by atoms with Gasteiger partial charge in [0.1, 0.15) is 0 Å². The number of rotatable bonds is 7. The summed E-state index contributed by atoms with van der Waals surface area (Å²) in [7, 11) is 0. The molecular formula is C11H23NO2S. The van der Waals surface area contributed by atoms with Gasteiger partial charge in [0.2, 0.25) is 0 Å². The van der Waals surface area contributed by atoms with E-state index in [4.69, 9.17) is 9.47 Å². The van der Waals surface area contributed by atoms with Crippen LogP contribution in [0.4, 0.5) is 0 Å². The topological polar surface area (TPSA) is 30.5 Å². The van der Waals surface area contributed by atoms with E-state index in [2.05, 4.69) is 19.2 Å². The van der Waals surface area contributed by atoms with Gasteiger partial charge < -0.3 is 14.8 Å². The third kappa shape index (κ3) is 6.40. The van der Waals surface area contributed by atoms with Crippen molar-refractivity contribution in [1.82, 2.24) is 5.32 Å². The molecule has 1 rings (SSSR count). The highest BCUT2D eigenvalue weighted by molar-refractivity contribution is 7.99. The van der Waals surface area contributed by atoms with Gasteiger partial charge in [-0.15, -0.1) is 0 Å². The number of morpholine rings is 1. The van der Waals surface area contributed by atoms with E-state index in [9.17, 15) is 0 Å². The van der Waals surface area contributed by atoms with E-state index in [1.54, 1.807) is 0 Å². The number of hydrogen-bond donors (Lipinski definition) is 1. The van der Waals surface area contributed by atoms with Gasteiger partial charge in [-0.1, -0.05) is 6.92 Å². The Hall–Kier alpha value is 0.230. The molecule has 1 aliphatic heterocycles. The smallest absolute Gasteiger partial charge is 0.0936 e. The second-order valence-electron chi connectivity index (χ2n) is 3.85. The first-order valence-corrected chi connectivity index (χ1v) is 7.00. The summed E-state index contributed by atoms with van der Waals surface area (Å²) in [4.78, 5) is 0. The summed E-state index contributed by atoms with van der Waals surface area (Å²) < 4.78 is 11.3. The number of hydrogen-bond acceptors (Lipinski definition) is 4. The van der Waals surface area contributed by atoms with Crippen molar-refractivity contribution < 1.29 is 9.47 Å². The van der Waals surface area contributed by atoms with Crippen molar-refractivity contribution in [2.75, 3.05) is 37.8 Å². The third-order valence-corrected chi connectivity index (χ3v) is 3.30. The van der Waals surface area contributed by atoms with E-state index in [1.807, 2.05) is 11.8 Å². The van der Waals surface area contributed by atoms with Crippen LogP contribution in [0.2, 0.25) is 0 Å². The Morgan fingerprint density at radius 3 is 3.07 bits per heavy atom. The third-order valence-electron chi connectivity index (χ3n) is 2.31. The van der Waals surface area contributed by atoms with Crippen molar-refractivity contribution >= 4 is 11.8 Å². The normalized spacial score (nSPS) is 26.8. The van der Waals surface area contributed by atoms with Crippen LogP contribution in [0.1, 0.15) is 20.3 Å². The van der Waals surface area contributed by atoms with Gasteiger partial charge in [-0.3, -0.25) is 0 Å². The van der Waals surface area contributed by atoms with Crippen molar-refractivity contribution in [3.05, 3.63) is 0 Å². The molecule has 0 aromatic rings. The molecular weight excluding hydrogens is 210 g/mol. The van der Waals surface area contributed by atoms with Crippen LogP contribution in [0.3, 0.4) is 0 Å². The van der Waals surface area contributed by atoms with E-state index in [0.717, 1.165) is 32.7 Å². The zero-order valence-electron chi connectivity index (χ0n) is 9.83. The molecule has 1 N–H and O–H groups in total. The molecule has 0 spiro atoms. The fourth-order valence-corrected chi connectivity index (χ4v) is 2.20. The Kier molecular flexibility index (Phi) is 7.44. The Morgan fingerprint density at radius 1 is 1.47 bits per heavy atom. The molecule has 0 radical (unpaired) electrons. The summed E-state index contributed by atoms with van der Waals surface area (Å²) in [5.74, 6) is 2.41. The Bertz CT molecular complexity index is 158. The van der Waals surface area contributed by atoms with Crippen molar-refractivity contribution in [3.63, 3.8) is 0 Å². The largest absolute Gasteiger partial charge is 0.379 e. The van der Waals surface area contributed by atoms with Crippen LogP contribution in [0.15, 0.2) is 0 Å². The summed E-state index contributed by atoms with van der Waals surface area (Å²) in [6, 6.07) is 0. The average Bonchev–Trinajstić information content (AvgIpc) is 2.23. The molecule has 4 heteroatoms. The lowest BCUT2D eigenvalue weighted by Crippen LogP contribution is -2.45. The summed E-state index contributed by atoms with van der Waals surface area (Å²) in [6.07, 6.45) is 1.71. The molecule has 1 heterocycles. The van der Waals surface area contributed by atoms with E-state index in [-0.39, 0.29) is 6.10 Å². The molecule has 0 bridgehead atoms. The Morgan fingerprint density at radius 2 is 2.33 bits per heavy atom. The molecule has 0 aliphatic carbocycles. The SMILES string of the molecule is CCSCCCOCC1CNCC(C)O1. The predicted octanol–water partition coefficient (Wildman–Crippen LogP) is 1.52. The standard InChI is InChI=1S/C11H23NO2S/c1-3-15-6-4-5-13-9-11-8-12-7-10(2)14-11/h10-12H,3-9H2,1-2H3. The monoisotopic (exact) mass is 233 g/mol. The van der Waals surface area contributed by atoms with Crippen LogP contribution in [0.25, 0.3) is 0 Å². The van der Waals surface area contributed by atoms with Crippen LogP contribution in [0.5, 0.6) is 0 Å². The second kappa shape index (κ2) is 8.39. The number of ether oxygens (including phenoxy) is 2. The van der Waals surface area contributed by atoms with Crippen LogP contribution in [-0.4, -0.2) is 50.0 Å². The first-order valence-electron chi connectivity index (χ1n) is 5.84. The van der Waals surface area contributed by atoms with Gasteiger partial charge in [0, 0.05) is 19.7 Å². The number of thioether (sulfide) groups is 1. The van der Waals surface area contributed by atoms with Gasteiger partial charge in [-0.25, -0.2) is 0 Å². The van der Waals surface area contributed by atoms with Crippen LogP contribution in [-0.2, 0) is 9.47 Å². The maximum atomic E-state index is 5.72. The minimum absolute atomic E-state index is 0.243. The van der Waals surface area contributed by atoms with Gasteiger partial charge in [0.05, 0.1) is 18.8 Å². The first kappa shape index (κ1) is 13.3. The lowest BCUT2D eigenvalue weighted by atomic mass is 10.2. The zero-order valence-corrected chi connectivity index (χ0v) is 10.6. The molecule has 0 aromatic heterocycles. The minimum atomic E-state index is 0.243. The van der Waals surface area contributed by atoms with Crippen LogP contribution < -0.4 is 5.32 Å². The van der Waals surface area contributed by atoms with E-state index in [0.29, 0.717) is 6.10 Å². The molecule has 3 nitrogen and oxygen atoms in total. The molecule has 2 unspecified atom stereocenters. The second-order valence-corrected chi connectivity index (χ2v) is 5.25. The Balaban J connectivity index is 1.90. The highest BCUT2D eigenvalue weighted by Gasteiger charge is 2.18. The summed E-state index contributed by atoms with van der Waals surface area (Å²) >= 11 is 1.97. The minimum Gasteiger partial charge on any atom is -0.379 e. The van der Waals surface area contributed by atoms with Gasteiger partial charge in [-0.05, 0) is 24.9 Å². The highest BCUT2D eigenvalue weighted by Crippen LogP contribution is 2.05. The molecule has 90 valence electrons. The van der Waals surface area contributed by atoms with Crippen molar-refractivity contribution in [2.45, 2.75) is 32.5 Å². The van der Waals surface area contributed by atoms with Crippen molar-refractivity contribution in [1.29, 1.82) is 0 Å². The molecule has 0 saturated carbocycles. The quantitative estimate of drug-likeness (QED) is 0.676. The maximum Gasteiger partial charge on any atom is 0.0936 e. The van der Waals surface area contributed by atoms with E-state index < -0.39 is 0 Å². The van der Waals surface area contributed by atoms with Gasteiger partial charge in [-0.2, -0.15) is 11.8 Å². The molecule has 0 aromatic carbocycles.